The fourth-order valence-corrected chi connectivity index (χ4v) is 0.655. The van der Waals surface area contributed by atoms with Crippen molar-refractivity contribution in [2.75, 3.05) is 6.61 Å². The molecule has 6 heteroatoms. The van der Waals surface area contributed by atoms with Gasteiger partial charge in [0.05, 0.1) is 6.20 Å². The van der Waals surface area contributed by atoms with Crippen molar-refractivity contribution in [1.82, 2.24) is 4.98 Å². The molecule has 1 aromatic heterocycles. The molecule has 0 aliphatic rings. The van der Waals surface area contributed by atoms with Crippen molar-refractivity contribution in [2.45, 2.75) is 6.18 Å². The molecular weight excluding hydrogens is 187 g/mol. The molecule has 0 bridgehead atoms. The summed E-state index contributed by atoms with van der Waals surface area (Å²) < 4.78 is 39.2. The smallest absolute Gasteiger partial charge is 0.422 e. The SMILES string of the molecule is Oc1cnccc1OCC(F)(F)F. The van der Waals surface area contributed by atoms with Gasteiger partial charge in [-0.2, -0.15) is 13.2 Å². The highest BCUT2D eigenvalue weighted by atomic mass is 19.4. The minimum atomic E-state index is -4.41. The van der Waals surface area contributed by atoms with Crippen molar-refractivity contribution >= 4 is 0 Å². The molecule has 0 unspecified atom stereocenters. The summed E-state index contributed by atoms with van der Waals surface area (Å²) >= 11 is 0. The van der Waals surface area contributed by atoms with Crippen LogP contribution in [0, 0.1) is 0 Å². The Morgan fingerprint density at radius 2 is 2.15 bits per heavy atom. The molecule has 1 N–H and O–H groups in total. The molecule has 72 valence electrons. The predicted octanol–water partition coefficient (Wildman–Crippen LogP) is 1.73. The summed E-state index contributed by atoms with van der Waals surface area (Å²) in [5, 5.41) is 8.95. The number of pyridine rings is 1. The van der Waals surface area contributed by atoms with Gasteiger partial charge in [0.15, 0.2) is 18.1 Å². The Hall–Kier alpha value is -1.46. The molecule has 0 radical (unpaired) electrons. The Morgan fingerprint density at radius 1 is 1.46 bits per heavy atom. The van der Waals surface area contributed by atoms with Gasteiger partial charge >= 0.3 is 6.18 Å². The molecule has 0 aliphatic heterocycles. The van der Waals surface area contributed by atoms with Gasteiger partial charge in [-0.15, -0.1) is 0 Å². The van der Waals surface area contributed by atoms with E-state index in [1.54, 1.807) is 0 Å². The van der Waals surface area contributed by atoms with Crippen LogP contribution in [-0.2, 0) is 0 Å². The summed E-state index contributed by atoms with van der Waals surface area (Å²) in [7, 11) is 0. The number of hydrogen-bond acceptors (Lipinski definition) is 3. The molecule has 1 heterocycles. The maximum atomic E-state index is 11.7. The van der Waals surface area contributed by atoms with Crippen LogP contribution in [0.25, 0.3) is 0 Å². The molecule has 0 spiro atoms. The normalized spacial score (nSPS) is 11.3. The van der Waals surface area contributed by atoms with Gasteiger partial charge in [0.1, 0.15) is 0 Å². The Bertz CT molecular complexity index is 287. The zero-order chi connectivity index (χ0) is 9.90. The van der Waals surface area contributed by atoms with Crippen molar-refractivity contribution in [1.29, 1.82) is 0 Å². The van der Waals surface area contributed by atoms with Crippen molar-refractivity contribution < 1.29 is 23.0 Å². The number of halogens is 3. The van der Waals surface area contributed by atoms with E-state index in [2.05, 4.69) is 9.72 Å². The Morgan fingerprint density at radius 3 is 2.69 bits per heavy atom. The average molecular weight is 193 g/mol. The van der Waals surface area contributed by atoms with Crippen LogP contribution in [0.5, 0.6) is 11.5 Å². The second kappa shape index (κ2) is 3.51. The van der Waals surface area contributed by atoms with Crippen molar-refractivity contribution in [3.05, 3.63) is 18.5 Å². The zero-order valence-electron chi connectivity index (χ0n) is 6.38. The second-order valence-electron chi connectivity index (χ2n) is 2.25. The summed E-state index contributed by atoms with van der Waals surface area (Å²) in [5.74, 6) is -0.640. The highest BCUT2D eigenvalue weighted by Gasteiger charge is 2.28. The fourth-order valence-electron chi connectivity index (χ4n) is 0.655. The lowest BCUT2D eigenvalue weighted by molar-refractivity contribution is -0.153. The first-order valence-corrected chi connectivity index (χ1v) is 3.31. The van der Waals surface area contributed by atoms with Crippen molar-refractivity contribution in [3.8, 4) is 11.5 Å². The number of aromatic hydroxyl groups is 1. The number of alkyl halides is 3. The van der Waals surface area contributed by atoms with Crippen LogP contribution in [0.3, 0.4) is 0 Å². The average Bonchev–Trinajstić information content (AvgIpc) is 2.01. The maximum Gasteiger partial charge on any atom is 0.422 e. The molecule has 1 rings (SSSR count). The van der Waals surface area contributed by atoms with E-state index in [4.69, 9.17) is 5.11 Å². The van der Waals surface area contributed by atoms with Gasteiger partial charge < -0.3 is 9.84 Å². The quantitative estimate of drug-likeness (QED) is 0.777. The fraction of sp³-hybridized carbons (Fsp3) is 0.286. The van der Waals surface area contributed by atoms with Crippen molar-refractivity contribution in [3.63, 3.8) is 0 Å². The third-order valence-electron chi connectivity index (χ3n) is 1.15. The summed E-state index contributed by atoms with van der Waals surface area (Å²) in [6, 6.07) is 1.15. The summed E-state index contributed by atoms with van der Waals surface area (Å²) in [4.78, 5) is 3.48. The van der Waals surface area contributed by atoms with Crippen LogP contribution in [0.4, 0.5) is 13.2 Å². The summed E-state index contributed by atoms with van der Waals surface area (Å²) in [6.45, 7) is -1.43. The molecule has 0 saturated heterocycles. The van der Waals surface area contributed by atoms with E-state index in [1.807, 2.05) is 0 Å². The highest BCUT2D eigenvalue weighted by molar-refractivity contribution is 5.34. The van der Waals surface area contributed by atoms with E-state index < -0.39 is 18.5 Å². The van der Waals surface area contributed by atoms with E-state index >= 15 is 0 Å². The molecule has 0 atom stereocenters. The number of hydrogen-bond donors (Lipinski definition) is 1. The van der Waals surface area contributed by atoms with Crippen LogP contribution in [0.2, 0.25) is 0 Å². The van der Waals surface area contributed by atoms with E-state index in [-0.39, 0.29) is 5.75 Å². The molecule has 1 aromatic rings. The Labute approximate surface area is 71.8 Å². The van der Waals surface area contributed by atoms with Crippen LogP contribution in [0.15, 0.2) is 18.5 Å². The van der Waals surface area contributed by atoms with Gasteiger partial charge in [0, 0.05) is 12.3 Å². The van der Waals surface area contributed by atoms with E-state index in [0.29, 0.717) is 0 Å². The number of rotatable bonds is 2. The molecular formula is C7H6F3NO2. The minimum absolute atomic E-state index is 0.229. The maximum absolute atomic E-state index is 11.7. The van der Waals surface area contributed by atoms with E-state index in [1.165, 1.54) is 6.20 Å². The van der Waals surface area contributed by atoms with Gasteiger partial charge in [0.2, 0.25) is 0 Å². The van der Waals surface area contributed by atoms with Crippen LogP contribution in [0.1, 0.15) is 0 Å². The Balaban J connectivity index is 2.60. The standard InChI is InChI=1S/C7H6F3NO2/c8-7(9,10)4-13-6-1-2-11-3-5(6)12/h1-3,12H,4H2. The lowest BCUT2D eigenvalue weighted by Gasteiger charge is -2.09. The molecule has 0 fully saturated rings. The van der Waals surface area contributed by atoms with E-state index in [9.17, 15) is 13.2 Å². The second-order valence-corrected chi connectivity index (χ2v) is 2.25. The first-order chi connectivity index (χ1) is 5.99. The van der Waals surface area contributed by atoms with Gasteiger partial charge in [-0.3, -0.25) is 4.98 Å². The molecule has 0 aromatic carbocycles. The van der Waals surface area contributed by atoms with E-state index in [0.717, 1.165) is 12.3 Å². The summed E-state index contributed by atoms with van der Waals surface area (Å²) in [6.07, 6.45) is -2.17. The number of aromatic nitrogens is 1. The number of nitrogens with zero attached hydrogens (tertiary/aromatic N) is 1. The first-order valence-electron chi connectivity index (χ1n) is 3.31. The Kier molecular flexibility index (Phi) is 2.60. The predicted molar refractivity (Wildman–Crippen MR) is 37.5 cm³/mol. The molecule has 3 nitrogen and oxygen atoms in total. The molecule has 0 amide bonds. The molecule has 13 heavy (non-hydrogen) atoms. The van der Waals surface area contributed by atoms with Gasteiger partial charge in [0.25, 0.3) is 0 Å². The van der Waals surface area contributed by atoms with Crippen molar-refractivity contribution in [2.24, 2.45) is 0 Å². The van der Waals surface area contributed by atoms with Crippen LogP contribution < -0.4 is 4.74 Å². The topological polar surface area (TPSA) is 42.4 Å². The van der Waals surface area contributed by atoms with Crippen LogP contribution in [-0.4, -0.2) is 22.9 Å². The molecule has 0 aliphatic carbocycles. The zero-order valence-corrected chi connectivity index (χ0v) is 6.38. The third kappa shape index (κ3) is 3.18. The summed E-state index contributed by atoms with van der Waals surface area (Å²) in [5.41, 5.74) is 0. The lowest BCUT2D eigenvalue weighted by atomic mass is 10.4. The monoisotopic (exact) mass is 193 g/mol. The van der Waals surface area contributed by atoms with Gasteiger partial charge in [-0.05, 0) is 0 Å². The van der Waals surface area contributed by atoms with Gasteiger partial charge in [-0.1, -0.05) is 0 Å². The van der Waals surface area contributed by atoms with Crippen LogP contribution >= 0.6 is 0 Å². The highest BCUT2D eigenvalue weighted by Crippen LogP contribution is 2.25. The third-order valence-corrected chi connectivity index (χ3v) is 1.15. The molecule has 0 saturated carbocycles. The minimum Gasteiger partial charge on any atom is -0.503 e. The van der Waals surface area contributed by atoms with Gasteiger partial charge in [-0.25, -0.2) is 0 Å². The first kappa shape index (κ1) is 9.63. The lowest BCUT2D eigenvalue weighted by Crippen LogP contribution is -2.19. The number of ether oxygens (including phenoxy) is 1. The largest absolute Gasteiger partial charge is 0.503 e.